The number of para-hydroxylation sites is 4. The van der Waals surface area contributed by atoms with Gasteiger partial charge in [-0.05, 0) is 95.8 Å². The topological polar surface area (TPSA) is 93.9 Å². The molecule has 2 aromatic heterocycles. The number of rotatable bonds is 13. The number of benzene rings is 5. The van der Waals surface area contributed by atoms with Crippen molar-refractivity contribution in [2.75, 3.05) is 0 Å². The zero-order valence-electron chi connectivity index (χ0n) is 31.5. The number of esters is 1. The van der Waals surface area contributed by atoms with Crippen LogP contribution in [-0.2, 0) is 15.6 Å². The van der Waals surface area contributed by atoms with Gasteiger partial charge in [-0.3, -0.25) is 19.8 Å². The molecule has 1 N–H and O–H groups in total. The van der Waals surface area contributed by atoms with Crippen molar-refractivity contribution >= 4 is 22.9 Å². The molecule has 1 aliphatic carbocycles. The van der Waals surface area contributed by atoms with Crippen LogP contribution in [0.25, 0.3) is 17.0 Å². The van der Waals surface area contributed by atoms with Gasteiger partial charge in [-0.1, -0.05) is 109 Å². The number of fused-ring (bicyclic) bond motifs is 5. The van der Waals surface area contributed by atoms with Crippen LogP contribution in [0.4, 0.5) is 0 Å². The molecule has 5 unspecified atom stereocenters. The lowest BCUT2D eigenvalue weighted by Crippen LogP contribution is -2.45. The Morgan fingerprint density at radius 3 is 2.32 bits per heavy atom. The van der Waals surface area contributed by atoms with Gasteiger partial charge in [0.15, 0.2) is 6.29 Å². The zero-order chi connectivity index (χ0) is 38.7. The van der Waals surface area contributed by atoms with Crippen LogP contribution >= 0.6 is 0 Å². The number of aromatic nitrogens is 2. The molecule has 5 aromatic carbocycles. The number of carbonyl (C=O) groups is 1. The molecule has 0 fully saturated rings. The molecular formula is C50H43N3O4. The molecule has 57 heavy (non-hydrogen) atoms. The van der Waals surface area contributed by atoms with E-state index in [9.17, 15) is 9.90 Å². The van der Waals surface area contributed by atoms with Crippen LogP contribution in [0.3, 0.4) is 0 Å². The third kappa shape index (κ3) is 7.11. The summed E-state index contributed by atoms with van der Waals surface area (Å²) in [6.07, 6.45) is 7.11. The van der Waals surface area contributed by atoms with E-state index in [1.54, 1.807) is 12.1 Å². The van der Waals surface area contributed by atoms with E-state index in [-0.39, 0.29) is 24.3 Å². The number of nitrogens with zero attached hydrogens (tertiary/aromatic N) is 3. The number of pyridine rings is 2. The molecule has 7 aromatic rings. The van der Waals surface area contributed by atoms with Crippen molar-refractivity contribution < 1.29 is 19.4 Å². The van der Waals surface area contributed by atoms with Gasteiger partial charge in [-0.25, -0.2) is 0 Å². The highest BCUT2D eigenvalue weighted by Crippen LogP contribution is 2.61. The Bertz CT molecular complexity index is 2640. The average molecular weight is 750 g/mol. The van der Waals surface area contributed by atoms with Crippen LogP contribution in [-0.4, -0.2) is 27.3 Å². The average Bonchev–Trinajstić information content (AvgIpc) is 3.52. The molecular weight excluding hydrogens is 707 g/mol. The van der Waals surface area contributed by atoms with Gasteiger partial charge in [-0.15, -0.1) is 0 Å². The predicted octanol–water partition coefficient (Wildman–Crippen LogP) is 8.59. The van der Waals surface area contributed by atoms with E-state index in [1.807, 2.05) is 97.3 Å². The first kappa shape index (κ1) is 36.2. The molecule has 282 valence electrons. The van der Waals surface area contributed by atoms with Crippen molar-refractivity contribution in [1.82, 2.24) is 9.97 Å². The minimum atomic E-state index is -1.06. The lowest BCUT2D eigenvalue weighted by Gasteiger charge is -2.46. The minimum Gasteiger partial charge on any atom is -0.465 e. The molecule has 7 heteroatoms. The summed E-state index contributed by atoms with van der Waals surface area (Å²) in [5.74, 6) is 0.709. The Morgan fingerprint density at radius 2 is 1.49 bits per heavy atom. The van der Waals surface area contributed by atoms with Gasteiger partial charge in [0.1, 0.15) is 11.5 Å². The van der Waals surface area contributed by atoms with Crippen LogP contribution in [0.2, 0.25) is 0 Å². The van der Waals surface area contributed by atoms with Gasteiger partial charge in [0.05, 0.1) is 22.6 Å². The Hall–Kier alpha value is -6.44. The summed E-state index contributed by atoms with van der Waals surface area (Å²) in [5.41, 5.74) is 3.59. The van der Waals surface area contributed by atoms with E-state index in [4.69, 9.17) is 24.4 Å². The fourth-order valence-corrected chi connectivity index (χ4v) is 9.28. The van der Waals surface area contributed by atoms with E-state index >= 15 is 0 Å². The highest BCUT2D eigenvalue weighted by Gasteiger charge is 2.56. The molecule has 0 bridgehead atoms. The molecule has 0 amide bonds. The van der Waals surface area contributed by atoms with E-state index < -0.39 is 17.1 Å². The molecule has 9 rings (SSSR count). The van der Waals surface area contributed by atoms with Crippen molar-refractivity contribution in [2.45, 2.75) is 55.3 Å². The lowest BCUT2D eigenvalue weighted by molar-refractivity contribution is -0.134. The summed E-state index contributed by atoms with van der Waals surface area (Å²) in [5, 5.41) is 14.7. The fourth-order valence-electron chi connectivity index (χ4n) is 9.28. The molecule has 3 heterocycles. The van der Waals surface area contributed by atoms with Crippen LogP contribution in [0.1, 0.15) is 60.5 Å². The maximum absolute atomic E-state index is 13.9. The normalized spacial score (nSPS) is 19.5. The number of aliphatic hydroxyl groups is 1. The van der Waals surface area contributed by atoms with Gasteiger partial charge in [0.2, 0.25) is 0 Å². The van der Waals surface area contributed by atoms with Crippen molar-refractivity contribution in [3.05, 3.63) is 203 Å². The second kappa shape index (κ2) is 15.6. The summed E-state index contributed by atoms with van der Waals surface area (Å²) in [4.78, 5) is 29.4. The smallest absolute Gasteiger partial charge is 0.311 e. The van der Waals surface area contributed by atoms with E-state index in [0.717, 1.165) is 32.7 Å². The van der Waals surface area contributed by atoms with Gasteiger partial charge >= 0.3 is 5.97 Å². The molecule has 5 atom stereocenters. The number of hydrogen-bond donors (Lipinski definition) is 1. The van der Waals surface area contributed by atoms with Crippen molar-refractivity contribution in [1.29, 1.82) is 0 Å². The van der Waals surface area contributed by atoms with Crippen molar-refractivity contribution in [3.63, 3.8) is 0 Å². The second-order valence-electron chi connectivity index (χ2n) is 15.2. The van der Waals surface area contributed by atoms with Crippen LogP contribution in [0.15, 0.2) is 175 Å². The SMILES string of the molecule is O=C(CCC(CC1(CCC(O)Oc2ccccc2)c2ccccc2C2N=c3ccccc3=CC21)(c1cnc2ccccc2c1)c1ccccn1)Oc1ccccc1. The van der Waals surface area contributed by atoms with Gasteiger partial charge in [-0.2, -0.15) is 0 Å². The molecule has 0 spiro atoms. The molecule has 0 radical (unpaired) electrons. The molecule has 0 saturated carbocycles. The Labute approximate surface area is 332 Å². The molecule has 1 aliphatic heterocycles. The summed E-state index contributed by atoms with van der Waals surface area (Å²) in [6, 6.07) is 51.8. The van der Waals surface area contributed by atoms with E-state index in [1.165, 1.54) is 11.1 Å². The monoisotopic (exact) mass is 749 g/mol. The third-order valence-corrected chi connectivity index (χ3v) is 11.9. The van der Waals surface area contributed by atoms with Crippen LogP contribution < -0.4 is 20.0 Å². The third-order valence-electron chi connectivity index (χ3n) is 11.9. The summed E-state index contributed by atoms with van der Waals surface area (Å²) < 4.78 is 12.0. The molecule has 0 saturated heterocycles. The second-order valence-corrected chi connectivity index (χ2v) is 15.2. The first-order valence-electron chi connectivity index (χ1n) is 19.7. The van der Waals surface area contributed by atoms with Crippen molar-refractivity contribution in [3.8, 4) is 11.5 Å². The molecule has 2 aliphatic rings. The standard InChI is InChI=1S/C50H43N3O4/c54-46(56-38-17-3-1-4-18-38)26-28-49(45-25-13-14-30-51-45,37-31-35-15-7-11-23-43(35)52-33-37)34-50(29-27-47(55)57-39-19-5-2-6-20-39)41-22-10-9-21-40(41)48-42(50)32-36-16-8-12-24-44(36)53-48/h1-25,30-33,42,47-48,55H,26-29,34H2. The molecule has 7 nitrogen and oxygen atoms in total. The fraction of sp³-hybridized carbons (Fsp3) is 0.200. The summed E-state index contributed by atoms with van der Waals surface area (Å²) in [7, 11) is 0. The van der Waals surface area contributed by atoms with E-state index in [2.05, 4.69) is 66.7 Å². The highest BCUT2D eigenvalue weighted by atomic mass is 16.6. The summed E-state index contributed by atoms with van der Waals surface area (Å²) in [6.45, 7) is 0. The van der Waals surface area contributed by atoms with Gasteiger partial charge in [0.25, 0.3) is 0 Å². The van der Waals surface area contributed by atoms with Crippen LogP contribution in [0.5, 0.6) is 11.5 Å². The van der Waals surface area contributed by atoms with Crippen LogP contribution in [0, 0.1) is 5.92 Å². The van der Waals surface area contributed by atoms with Gasteiger partial charge in [0, 0.05) is 47.4 Å². The summed E-state index contributed by atoms with van der Waals surface area (Å²) >= 11 is 0. The number of ether oxygens (including phenoxy) is 2. The quantitative estimate of drug-likeness (QED) is 0.0722. The maximum Gasteiger partial charge on any atom is 0.311 e. The predicted molar refractivity (Wildman–Crippen MR) is 221 cm³/mol. The minimum absolute atomic E-state index is 0.0819. The first-order valence-corrected chi connectivity index (χ1v) is 19.7. The first-order chi connectivity index (χ1) is 28.0. The van der Waals surface area contributed by atoms with E-state index in [0.29, 0.717) is 37.2 Å². The Kier molecular flexibility index (Phi) is 9.91. The lowest BCUT2D eigenvalue weighted by atomic mass is 9.57. The zero-order valence-corrected chi connectivity index (χ0v) is 31.5. The number of aliphatic hydroxyl groups excluding tert-OH is 1. The highest BCUT2D eigenvalue weighted by molar-refractivity contribution is 5.79. The van der Waals surface area contributed by atoms with Gasteiger partial charge < -0.3 is 14.6 Å². The maximum atomic E-state index is 13.9. The Morgan fingerprint density at radius 1 is 0.772 bits per heavy atom. The largest absolute Gasteiger partial charge is 0.465 e. The number of hydrogen-bond acceptors (Lipinski definition) is 7. The number of carbonyl (C=O) groups excluding carboxylic acids is 1. The van der Waals surface area contributed by atoms with Crippen molar-refractivity contribution in [2.24, 2.45) is 10.9 Å². The Balaban J connectivity index is 1.23.